The molecule has 0 atom stereocenters. The zero-order chi connectivity index (χ0) is 14.4. The van der Waals surface area contributed by atoms with Gasteiger partial charge in [0.25, 0.3) is 5.91 Å². The third kappa shape index (κ3) is 3.51. The summed E-state index contributed by atoms with van der Waals surface area (Å²) in [6.07, 6.45) is 2.62. The summed E-state index contributed by atoms with van der Waals surface area (Å²) < 4.78 is 0. The Kier molecular flexibility index (Phi) is 5.00. The van der Waals surface area contributed by atoms with Crippen LogP contribution in [-0.2, 0) is 13.0 Å². The number of nitrogens with zero attached hydrogens (tertiary/aromatic N) is 3. The minimum atomic E-state index is -0.223. The molecule has 2 aromatic heterocycles. The van der Waals surface area contributed by atoms with Crippen molar-refractivity contribution in [2.75, 3.05) is 11.9 Å². The van der Waals surface area contributed by atoms with Gasteiger partial charge in [-0.25, -0.2) is 0 Å². The Morgan fingerprint density at radius 2 is 2.20 bits per heavy atom. The van der Waals surface area contributed by atoms with E-state index in [1.54, 1.807) is 6.20 Å². The molecule has 0 aliphatic carbocycles. The molecule has 0 unspecified atom stereocenters. The highest BCUT2D eigenvalue weighted by molar-refractivity contribution is 7.17. The van der Waals surface area contributed by atoms with Crippen molar-refractivity contribution in [1.82, 2.24) is 20.5 Å². The van der Waals surface area contributed by atoms with Gasteiger partial charge in [0.1, 0.15) is 0 Å². The molecule has 2 rings (SSSR count). The molecule has 0 aliphatic rings. The third-order valence-corrected chi connectivity index (χ3v) is 3.61. The zero-order valence-corrected chi connectivity index (χ0v) is 12.3. The molecule has 0 aliphatic heterocycles. The molecule has 20 heavy (non-hydrogen) atoms. The predicted molar refractivity (Wildman–Crippen MR) is 78.9 cm³/mol. The fourth-order valence-corrected chi connectivity index (χ4v) is 2.46. The largest absolute Gasteiger partial charge is 0.360 e. The molecule has 0 fully saturated rings. The maximum Gasteiger partial charge on any atom is 0.282 e. The average molecular weight is 291 g/mol. The van der Waals surface area contributed by atoms with Crippen molar-refractivity contribution in [1.29, 1.82) is 0 Å². The number of aryl methyl sites for hydroxylation is 1. The van der Waals surface area contributed by atoms with Gasteiger partial charge in [0.15, 0.2) is 0 Å². The van der Waals surface area contributed by atoms with Crippen LogP contribution in [0.2, 0.25) is 0 Å². The molecule has 7 heteroatoms. The lowest BCUT2D eigenvalue weighted by atomic mass is 10.1. The highest BCUT2D eigenvalue weighted by Gasteiger charge is 2.13. The SMILES string of the molecule is CCNc1nnc(C(=O)NCc2ncccc2CC)s1. The van der Waals surface area contributed by atoms with E-state index in [1.165, 1.54) is 11.3 Å². The van der Waals surface area contributed by atoms with E-state index in [-0.39, 0.29) is 5.91 Å². The second kappa shape index (κ2) is 6.95. The van der Waals surface area contributed by atoms with Crippen LogP contribution >= 0.6 is 11.3 Å². The maximum absolute atomic E-state index is 12.0. The van der Waals surface area contributed by atoms with Gasteiger partial charge in [-0.1, -0.05) is 24.3 Å². The summed E-state index contributed by atoms with van der Waals surface area (Å²) in [5.74, 6) is -0.223. The number of pyridine rings is 1. The number of hydrogen-bond acceptors (Lipinski definition) is 6. The van der Waals surface area contributed by atoms with Crippen molar-refractivity contribution >= 4 is 22.4 Å². The molecule has 1 amide bonds. The molecular weight excluding hydrogens is 274 g/mol. The summed E-state index contributed by atoms with van der Waals surface area (Å²) in [5.41, 5.74) is 2.03. The van der Waals surface area contributed by atoms with E-state index in [2.05, 4.69) is 32.7 Å². The van der Waals surface area contributed by atoms with Gasteiger partial charge in [0, 0.05) is 12.7 Å². The number of carbonyl (C=O) groups excluding carboxylic acids is 1. The smallest absolute Gasteiger partial charge is 0.282 e. The number of aromatic nitrogens is 3. The van der Waals surface area contributed by atoms with E-state index in [0.29, 0.717) is 16.7 Å². The second-order valence-electron chi connectivity index (χ2n) is 4.09. The highest BCUT2D eigenvalue weighted by Crippen LogP contribution is 2.14. The molecule has 6 nitrogen and oxygen atoms in total. The van der Waals surface area contributed by atoms with Crippen molar-refractivity contribution in [3.8, 4) is 0 Å². The number of rotatable bonds is 6. The summed E-state index contributed by atoms with van der Waals surface area (Å²) in [6.45, 7) is 5.19. The van der Waals surface area contributed by atoms with Crippen LogP contribution in [0.1, 0.15) is 34.9 Å². The van der Waals surface area contributed by atoms with Crippen LogP contribution in [-0.4, -0.2) is 27.6 Å². The Balaban J connectivity index is 1.97. The van der Waals surface area contributed by atoms with Gasteiger partial charge in [0.05, 0.1) is 12.2 Å². The lowest BCUT2D eigenvalue weighted by Gasteiger charge is -2.06. The van der Waals surface area contributed by atoms with Gasteiger partial charge in [0.2, 0.25) is 10.1 Å². The topological polar surface area (TPSA) is 79.8 Å². The first-order valence-electron chi connectivity index (χ1n) is 6.53. The maximum atomic E-state index is 12.0. The van der Waals surface area contributed by atoms with Crippen LogP contribution in [0, 0.1) is 0 Å². The van der Waals surface area contributed by atoms with Gasteiger partial charge in [-0.2, -0.15) is 0 Å². The van der Waals surface area contributed by atoms with Crippen LogP contribution in [0.4, 0.5) is 5.13 Å². The quantitative estimate of drug-likeness (QED) is 0.849. The van der Waals surface area contributed by atoms with Gasteiger partial charge in [-0.3, -0.25) is 9.78 Å². The molecular formula is C13H17N5OS. The molecule has 2 heterocycles. The lowest BCUT2D eigenvalue weighted by Crippen LogP contribution is -2.23. The Labute approximate surface area is 121 Å². The van der Waals surface area contributed by atoms with E-state index in [9.17, 15) is 4.79 Å². The van der Waals surface area contributed by atoms with E-state index in [1.807, 2.05) is 19.1 Å². The molecule has 2 N–H and O–H groups in total. The normalized spacial score (nSPS) is 10.3. The first-order chi connectivity index (χ1) is 9.74. The molecule has 2 aromatic rings. The number of amides is 1. The number of anilines is 1. The van der Waals surface area contributed by atoms with Crippen molar-refractivity contribution < 1.29 is 4.79 Å². The van der Waals surface area contributed by atoms with Gasteiger partial charge in [-0.15, -0.1) is 10.2 Å². The summed E-state index contributed by atoms with van der Waals surface area (Å²) in [7, 11) is 0. The minimum absolute atomic E-state index is 0.223. The molecule has 0 spiro atoms. The fourth-order valence-electron chi connectivity index (χ4n) is 1.73. The Bertz CT molecular complexity index is 584. The van der Waals surface area contributed by atoms with Gasteiger partial charge in [-0.05, 0) is 25.0 Å². The van der Waals surface area contributed by atoms with Gasteiger partial charge >= 0.3 is 0 Å². The van der Waals surface area contributed by atoms with Gasteiger partial charge < -0.3 is 10.6 Å². The van der Waals surface area contributed by atoms with Crippen molar-refractivity contribution in [3.05, 3.63) is 34.6 Å². The number of carbonyl (C=O) groups is 1. The van der Waals surface area contributed by atoms with Crippen LogP contribution in [0.5, 0.6) is 0 Å². The molecule has 0 aromatic carbocycles. The third-order valence-electron chi connectivity index (χ3n) is 2.73. The predicted octanol–water partition coefficient (Wildman–Crippen LogP) is 1.86. The van der Waals surface area contributed by atoms with Crippen LogP contribution in [0.25, 0.3) is 0 Å². The monoisotopic (exact) mass is 291 g/mol. The Morgan fingerprint density at radius 3 is 2.95 bits per heavy atom. The number of nitrogens with one attached hydrogen (secondary N) is 2. The Hall–Kier alpha value is -2.02. The first kappa shape index (κ1) is 14.4. The standard InChI is InChI=1S/C13H17N5OS/c1-3-9-6-5-7-15-10(9)8-16-11(19)12-17-18-13(20-12)14-4-2/h5-7H,3-4,8H2,1-2H3,(H,14,18)(H,16,19). The van der Waals surface area contributed by atoms with Crippen LogP contribution in [0.15, 0.2) is 18.3 Å². The van der Waals surface area contributed by atoms with E-state index < -0.39 is 0 Å². The first-order valence-corrected chi connectivity index (χ1v) is 7.34. The van der Waals surface area contributed by atoms with Crippen LogP contribution in [0.3, 0.4) is 0 Å². The second-order valence-corrected chi connectivity index (χ2v) is 5.07. The summed E-state index contributed by atoms with van der Waals surface area (Å²) in [4.78, 5) is 16.3. The number of hydrogen-bond donors (Lipinski definition) is 2. The summed E-state index contributed by atoms with van der Waals surface area (Å²) in [6, 6.07) is 3.92. The molecule has 0 radical (unpaired) electrons. The summed E-state index contributed by atoms with van der Waals surface area (Å²) in [5, 5.41) is 14.6. The van der Waals surface area contributed by atoms with E-state index in [4.69, 9.17) is 0 Å². The molecule has 0 bridgehead atoms. The van der Waals surface area contributed by atoms with Crippen molar-refractivity contribution in [2.45, 2.75) is 26.8 Å². The van der Waals surface area contributed by atoms with E-state index in [0.717, 1.165) is 24.2 Å². The zero-order valence-electron chi connectivity index (χ0n) is 11.5. The molecule has 106 valence electrons. The van der Waals surface area contributed by atoms with E-state index >= 15 is 0 Å². The molecule has 0 saturated carbocycles. The van der Waals surface area contributed by atoms with Crippen LogP contribution < -0.4 is 10.6 Å². The molecule has 0 saturated heterocycles. The average Bonchev–Trinajstić information content (AvgIpc) is 2.94. The highest BCUT2D eigenvalue weighted by atomic mass is 32.1. The Morgan fingerprint density at radius 1 is 1.35 bits per heavy atom. The summed E-state index contributed by atoms with van der Waals surface area (Å²) >= 11 is 1.24. The minimum Gasteiger partial charge on any atom is -0.360 e. The van der Waals surface area contributed by atoms with Crippen molar-refractivity contribution in [3.63, 3.8) is 0 Å². The van der Waals surface area contributed by atoms with Crippen molar-refractivity contribution in [2.24, 2.45) is 0 Å². The lowest BCUT2D eigenvalue weighted by molar-refractivity contribution is 0.0949. The fraction of sp³-hybridized carbons (Fsp3) is 0.385.